The van der Waals surface area contributed by atoms with Crippen molar-refractivity contribution in [3.8, 4) is 0 Å². The molecule has 0 spiro atoms. The van der Waals surface area contributed by atoms with Crippen LogP contribution in [0.25, 0.3) is 0 Å². The van der Waals surface area contributed by atoms with Crippen molar-refractivity contribution in [1.82, 2.24) is 20.3 Å². The second-order valence-corrected chi connectivity index (χ2v) is 3.97. The van der Waals surface area contributed by atoms with Crippen LogP contribution >= 0.6 is 11.6 Å². The van der Waals surface area contributed by atoms with Crippen LogP contribution < -0.4 is 15.1 Å². The minimum absolute atomic E-state index is 0.0995. The second-order valence-electron chi connectivity index (χ2n) is 3.63. The van der Waals surface area contributed by atoms with E-state index in [9.17, 15) is 4.79 Å². The summed E-state index contributed by atoms with van der Waals surface area (Å²) in [6.07, 6.45) is 0. The molecule has 1 aromatic rings. The number of likely N-dealkylation sites (N-methyl/N-ethyl adjacent to an activating group) is 2. The number of hydrogen-bond acceptors (Lipinski definition) is 6. The summed E-state index contributed by atoms with van der Waals surface area (Å²) in [7, 11) is 6.88. The number of nitrogens with one attached hydrogen (secondary N) is 1. The summed E-state index contributed by atoms with van der Waals surface area (Å²) in [4.78, 5) is 26.7. The first-order valence-electron chi connectivity index (χ1n) is 4.94. The van der Waals surface area contributed by atoms with Crippen LogP contribution in [0.4, 0.5) is 11.9 Å². The first kappa shape index (κ1) is 13.4. The van der Waals surface area contributed by atoms with Crippen LogP contribution in [0.2, 0.25) is 5.28 Å². The molecule has 1 heterocycles. The Morgan fingerprint density at radius 3 is 2.35 bits per heavy atom. The number of nitrogens with zero attached hydrogens (tertiary/aromatic N) is 5. The normalized spacial score (nSPS) is 9.94. The van der Waals surface area contributed by atoms with E-state index in [-0.39, 0.29) is 17.7 Å². The van der Waals surface area contributed by atoms with Crippen LogP contribution in [0.15, 0.2) is 0 Å². The number of rotatable bonds is 4. The van der Waals surface area contributed by atoms with Crippen molar-refractivity contribution in [2.75, 3.05) is 44.5 Å². The van der Waals surface area contributed by atoms with Gasteiger partial charge in [-0.25, -0.2) is 0 Å². The summed E-state index contributed by atoms with van der Waals surface area (Å²) < 4.78 is 0. The maximum absolute atomic E-state index is 11.2. The van der Waals surface area contributed by atoms with E-state index in [1.165, 1.54) is 0 Å². The van der Waals surface area contributed by atoms with Crippen LogP contribution in [0.1, 0.15) is 0 Å². The molecular weight excluding hydrogens is 244 g/mol. The van der Waals surface area contributed by atoms with Crippen LogP contribution in [-0.4, -0.2) is 55.6 Å². The van der Waals surface area contributed by atoms with Gasteiger partial charge in [0.15, 0.2) is 0 Å². The molecule has 0 radical (unpaired) electrons. The summed E-state index contributed by atoms with van der Waals surface area (Å²) in [5.74, 6) is 0.677. The molecule has 0 aliphatic heterocycles. The highest BCUT2D eigenvalue weighted by Crippen LogP contribution is 2.13. The Kier molecular flexibility index (Phi) is 4.45. The Bertz CT molecular complexity index is 410. The standard InChI is InChI=1S/C9H15ClN6O/c1-11-6(17)5-16(4)9-13-7(10)12-8(14-9)15(2)3/h5H2,1-4H3,(H,11,17). The molecule has 0 saturated heterocycles. The van der Waals surface area contributed by atoms with Crippen LogP contribution in [0.3, 0.4) is 0 Å². The van der Waals surface area contributed by atoms with E-state index in [1.54, 1.807) is 38.0 Å². The fourth-order valence-corrected chi connectivity index (χ4v) is 1.22. The van der Waals surface area contributed by atoms with Gasteiger partial charge in [-0.05, 0) is 11.6 Å². The Balaban J connectivity index is 2.93. The SMILES string of the molecule is CNC(=O)CN(C)c1nc(Cl)nc(N(C)C)n1. The predicted octanol–water partition coefficient (Wildman–Crippen LogP) is -0.227. The molecule has 0 bridgehead atoms. The molecule has 1 rings (SSSR count). The van der Waals surface area contributed by atoms with Crippen LogP contribution in [-0.2, 0) is 4.79 Å². The van der Waals surface area contributed by atoms with Gasteiger partial charge < -0.3 is 15.1 Å². The molecule has 0 unspecified atom stereocenters. The third kappa shape index (κ3) is 3.70. The molecule has 0 atom stereocenters. The fraction of sp³-hybridized carbons (Fsp3) is 0.556. The number of carbonyl (C=O) groups is 1. The lowest BCUT2D eigenvalue weighted by molar-refractivity contribution is -0.119. The Labute approximate surface area is 105 Å². The van der Waals surface area contributed by atoms with Gasteiger partial charge in [-0.15, -0.1) is 0 Å². The third-order valence-electron chi connectivity index (χ3n) is 1.99. The number of carbonyl (C=O) groups excluding carboxylic acids is 1. The molecule has 1 N–H and O–H groups in total. The largest absolute Gasteiger partial charge is 0.358 e. The monoisotopic (exact) mass is 258 g/mol. The molecule has 0 fully saturated rings. The van der Waals surface area contributed by atoms with E-state index in [0.29, 0.717) is 11.9 Å². The maximum atomic E-state index is 11.2. The number of hydrogen-bond donors (Lipinski definition) is 1. The minimum atomic E-state index is -0.129. The third-order valence-corrected chi connectivity index (χ3v) is 2.15. The summed E-state index contributed by atoms with van der Waals surface area (Å²) >= 11 is 5.79. The quantitative estimate of drug-likeness (QED) is 0.805. The van der Waals surface area contributed by atoms with Crippen molar-refractivity contribution >= 4 is 29.4 Å². The Morgan fingerprint density at radius 2 is 1.82 bits per heavy atom. The van der Waals surface area contributed by atoms with Gasteiger partial charge in [-0.2, -0.15) is 15.0 Å². The summed E-state index contributed by atoms with van der Waals surface area (Å²) in [5, 5.41) is 2.62. The van der Waals surface area contributed by atoms with E-state index in [0.717, 1.165) is 0 Å². The molecule has 94 valence electrons. The average molecular weight is 259 g/mol. The number of amides is 1. The molecule has 0 aromatic carbocycles. The van der Waals surface area contributed by atoms with Crippen molar-refractivity contribution in [2.45, 2.75) is 0 Å². The molecule has 1 amide bonds. The molecule has 0 aliphatic carbocycles. The molecule has 7 nitrogen and oxygen atoms in total. The molecule has 17 heavy (non-hydrogen) atoms. The summed E-state index contributed by atoms with van der Waals surface area (Å²) in [5.41, 5.74) is 0. The fourth-order valence-electron chi connectivity index (χ4n) is 1.07. The van der Waals surface area contributed by atoms with E-state index >= 15 is 0 Å². The van der Waals surface area contributed by atoms with Gasteiger partial charge in [0.05, 0.1) is 6.54 Å². The summed E-state index contributed by atoms with van der Waals surface area (Å²) in [6, 6.07) is 0. The molecule has 1 aromatic heterocycles. The summed E-state index contributed by atoms with van der Waals surface area (Å²) in [6.45, 7) is 0.156. The predicted molar refractivity (Wildman–Crippen MR) is 66.5 cm³/mol. The molecular formula is C9H15ClN6O. The second kappa shape index (κ2) is 5.62. The average Bonchev–Trinajstić information content (AvgIpc) is 2.27. The van der Waals surface area contributed by atoms with E-state index < -0.39 is 0 Å². The van der Waals surface area contributed by atoms with Gasteiger partial charge in [0, 0.05) is 28.2 Å². The Morgan fingerprint density at radius 1 is 1.24 bits per heavy atom. The zero-order valence-corrected chi connectivity index (χ0v) is 11.0. The van der Waals surface area contributed by atoms with Crippen molar-refractivity contribution in [2.24, 2.45) is 0 Å². The van der Waals surface area contributed by atoms with Gasteiger partial charge >= 0.3 is 0 Å². The highest BCUT2D eigenvalue weighted by molar-refractivity contribution is 6.28. The van der Waals surface area contributed by atoms with Gasteiger partial charge in [-0.3, -0.25) is 4.79 Å². The van der Waals surface area contributed by atoms with Crippen molar-refractivity contribution in [3.63, 3.8) is 0 Å². The molecule has 0 aliphatic rings. The van der Waals surface area contributed by atoms with Crippen molar-refractivity contribution in [1.29, 1.82) is 0 Å². The van der Waals surface area contributed by atoms with E-state index in [4.69, 9.17) is 11.6 Å². The van der Waals surface area contributed by atoms with Gasteiger partial charge in [0.1, 0.15) is 0 Å². The van der Waals surface area contributed by atoms with Gasteiger partial charge in [0.2, 0.25) is 23.1 Å². The minimum Gasteiger partial charge on any atom is -0.358 e. The van der Waals surface area contributed by atoms with Crippen LogP contribution in [0, 0.1) is 0 Å². The van der Waals surface area contributed by atoms with Gasteiger partial charge in [0.25, 0.3) is 0 Å². The lowest BCUT2D eigenvalue weighted by atomic mass is 10.5. The lowest BCUT2D eigenvalue weighted by Crippen LogP contribution is -2.34. The lowest BCUT2D eigenvalue weighted by Gasteiger charge is -2.18. The zero-order chi connectivity index (χ0) is 13.0. The van der Waals surface area contributed by atoms with E-state index in [2.05, 4.69) is 20.3 Å². The maximum Gasteiger partial charge on any atom is 0.239 e. The number of aromatic nitrogens is 3. The van der Waals surface area contributed by atoms with E-state index in [1.807, 2.05) is 0 Å². The highest BCUT2D eigenvalue weighted by Gasteiger charge is 2.12. The number of halogens is 1. The first-order valence-corrected chi connectivity index (χ1v) is 5.32. The molecule has 8 heteroatoms. The Hall–Kier alpha value is -1.63. The first-order chi connectivity index (χ1) is 7.93. The van der Waals surface area contributed by atoms with Crippen molar-refractivity contribution < 1.29 is 4.79 Å². The zero-order valence-electron chi connectivity index (χ0n) is 10.2. The van der Waals surface area contributed by atoms with Crippen molar-refractivity contribution in [3.05, 3.63) is 5.28 Å². The van der Waals surface area contributed by atoms with Crippen LogP contribution in [0.5, 0.6) is 0 Å². The molecule has 0 saturated carbocycles. The van der Waals surface area contributed by atoms with Gasteiger partial charge in [-0.1, -0.05) is 0 Å². The highest BCUT2D eigenvalue weighted by atomic mass is 35.5. The topological polar surface area (TPSA) is 74.2 Å². The number of anilines is 2. The smallest absolute Gasteiger partial charge is 0.239 e.